The number of rotatable bonds is 5. The van der Waals surface area contributed by atoms with Crippen molar-refractivity contribution in [2.24, 2.45) is 0 Å². The summed E-state index contributed by atoms with van der Waals surface area (Å²) < 4.78 is 11.0. The molecule has 1 atom stereocenters. The van der Waals surface area contributed by atoms with E-state index >= 15 is 0 Å². The third-order valence-electron chi connectivity index (χ3n) is 2.98. The second-order valence-corrected chi connectivity index (χ2v) is 5.62. The first kappa shape index (κ1) is 13.2. The summed E-state index contributed by atoms with van der Waals surface area (Å²) in [5, 5.41) is 4.00. The van der Waals surface area contributed by atoms with Gasteiger partial charge in [0.15, 0.2) is 11.5 Å². The van der Waals surface area contributed by atoms with Crippen LogP contribution in [0.4, 0.5) is 11.4 Å². The second kappa shape index (κ2) is 6.09. The Balaban J connectivity index is 2.00. The van der Waals surface area contributed by atoms with E-state index < -0.39 is 0 Å². The van der Waals surface area contributed by atoms with E-state index in [4.69, 9.17) is 15.2 Å². The molecule has 0 amide bonds. The SMILES string of the molecule is CSC(C)CCNc1cc2c(cc1N)OCCO2. The Kier molecular flexibility index (Phi) is 4.47. The van der Waals surface area contributed by atoms with Crippen LogP contribution in [0.15, 0.2) is 12.1 Å². The summed E-state index contributed by atoms with van der Waals surface area (Å²) in [5.74, 6) is 1.51. The molecular formula is C13H20N2O2S. The molecule has 100 valence electrons. The first-order valence-electron chi connectivity index (χ1n) is 6.16. The van der Waals surface area contributed by atoms with Crippen LogP contribution in [0.1, 0.15) is 13.3 Å². The lowest BCUT2D eigenvalue weighted by Gasteiger charge is -2.20. The van der Waals surface area contributed by atoms with Gasteiger partial charge < -0.3 is 20.5 Å². The van der Waals surface area contributed by atoms with Crippen molar-refractivity contribution in [2.45, 2.75) is 18.6 Å². The molecule has 18 heavy (non-hydrogen) atoms. The van der Waals surface area contributed by atoms with Gasteiger partial charge in [-0.25, -0.2) is 0 Å². The number of anilines is 2. The maximum atomic E-state index is 5.99. The molecule has 1 unspecified atom stereocenters. The predicted octanol–water partition coefficient (Wildman–Crippen LogP) is 2.59. The van der Waals surface area contributed by atoms with Crippen LogP contribution < -0.4 is 20.5 Å². The molecule has 0 spiro atoms. The molecule has 3 N–H and O–H groups in total. The van der Waals surface area contributed by atoms with Gasteiger partial charge in [0.1, 0.15) is 13.2 Å². The van der Waals surface area contributed by atoms with Gasteiger partial charge in [-0.15, -0.1) is 0 Å². The molecule has 1 aromatic rings. The highest BCUT2D eigenvalue weighted by Crippen LogP contribution is 2.36. The van der Waals surface area contributed by atoms with Gasteiger partial charge >= 0.3 is 0 Å². The zero-order valence-corrected chi connectivity index (χ0v) is 11.7. The summed E-state index contributed by atoms with van der Waals surface area (Å²) in [6.07, 6.45) is 3.23. The molecule has 1 aliphatic heterocycles. The van der Waals surface area contributed by atoms with Gasteiger partial charge in [0.2, 0.25) is 0 Å². The van der Waals surface area contributed by atoms with Crippen LogP contribution in [-0.4, -0.2) is 31.3 Å². The van der Waals surface area contributed by atoms with E-state index in [-0.39, 0.29) is 0 Å². The Hall–Kier alpha value is -1.23. The smallest absolute Gasteiger partial charge is 0.163 e. The van der Waals surface area contributed by atoms with Crippen molar-refractivity contribution in [1.82, 2.24) is 0 Å². The van der Waals surface area contributed by atoms with Crippen molar-refractivity contribution in [3.05, 3.63) is 12.1 Å². The highest BCUT2D eigenvalue weighted by Gasteiger charge is 2.14. The van der Waals surface area contributed by atoms with Crippen molar-refractivity contribution < 1.29 is 9.47 Å². The zero-order chi connectivity index (χ0) is 13.0. The fourth-order valence-electron chi connectivity index (χ4n) is 1.79. The zero-order valence-electron chi connectivity index (χ0n) is 10.9. The van der Waals surface area contributed by atoms with Crippen molar-refractivity contribution in [3.8, 4) is 11.5 Å². The molecule has 2 rings (SSSR count). The van der Waals surface area contributed by atoms with Crippen LogP contribution in [0.3, 0.4) is 0 Å². The van der Waals surface area contributed by atoms with E-state index in [9.17, 15) is 0 Å². The summed E-state index contributed by atoms with van der Waals surface area (Å²) in [6, 6.07) is 3.75. The molecule has 0 saturated heterocycles. The normalized spacial score (nSPS) is 15.2. The third-order valence-corrected chi connectivity index (χ3v) is 4.02. The lowest BCUT2D eigenvalue weighted by Crippen LogP contribution is -2.16. The number of hydrogen-bond donors (Lipinski definition) is 2. The Bertz CT molecular complexity index is 412. The second-order valence-electron chi connectivity index (χ2n) is 4.34. The van der Waals surface area contributed by atoms with Gasteiger partial charge in [-0.1, -0.05) is 6.92 Å². The predicted molar refractivity (Wildman–Crippen MR) is 77.9 cm³/mol. The highest BCUT2D eigenvalue weighted by molar-refractivity contribution is 7.99. The Morgan fingerprint density at radius 2 is 2.00 bits per heavy atom. The standard InChI is InChI=1S/C13H20N2O2S/c1-9(18-2)3-4-15-11-8-13-12(7-10(11)14)16-5-6-17-13/h7-9,15H,3-6,14H2,1-2H3. The van der Waals surface area contributed by atoms with E-state index in [0.29, 0.717) is 24.2 Å². The number of nitrogens with two attached hydrogens (primary N) is 1. The van der Waals surface area contributed by atoms with Crippen molar-refractivity contribution in [1.29, 1.82) is 0 Å². The molecule has 0 aliphatic carbocycles. The van der Waals surface area contributed by atoms with Crippen LogP contribution in [0.25, 0.3) is 0 Å². The number of ether oxygens (including phenoxy) is 2. The van der Waals surface area contributed by atoms with Gasteiger partial charge in [-0.3, -0.25) is 0 Å². The van der Waals surface area contributed by atoms with Gasteiger partial charge in [0.05, 0.1) is 11.4 Å². The van der Waals surface area contributed by atoms with Crippen molar-refractivity contribution in [3.63, 3.8) is 0 Å². The topological polar surface area (TPSA) is 56.5 Å². The van der Waals surface area contributed by atoms with Crippen LogP contribution >= 0.6 is 11.8 Å². The lowest BCUT2D eigenvalue weighted by molar-refractivity contribution is 0.172. The quantitative estimate of drug-likeness (QED) is 0.804. The Morgan fingerprint density at radius 1 is 1.33 bits per heavy atom. The summed E-state index contributed by atoms with van der Waals surface area (Å²) >= 11 is 1.87. The average molecular weight is 268 g/mol. The highest BCUT2D eigenvalue weighted by atomic mass is 32.2. The number of fused-ring (bicyclic) bond motifs is 1. The minimum Gasteiger partial charge on any atom is -0.486 e. The third kappa shape index (κ3) is 3.16. The van der Waals surface area contributed by atoms with Crippen molar-refractivity contribution >= 4 is 23.1 Å². The number of nitrogens with one attached hydrogen (secondary N) is 1. The molecular weight excluding hydrogens is 248 g/mol. The molecule has 0 fully saturated rings. The van der Waals surface area contributed by atoms with Crippen molar-refractivity contribution in [2.75, 3.05) is 37.1 Å². The molecule has 0 bridgehead atoms. The van der Waals surface area contributed by atoms with E-state index in [1.165, 1.54) is 0 Å². The molecule has 5 heteroatoms. The maximum absolute atomic E-state index is 5.99. The number of thioether (sulfide) groups is 1. The Labute approximate surface area is 112 Å². The molecule has 0 saturated carbocycles. The minimum absolute atomic E-state index is 0.588. The molecule has 4 nitrogen and oxygen atoms in total. The fraction of sp³-hybridized carbons (Fsp3) is 0.538. The van der Waals surface area contributed by atoms with Crippen LogP contribution in [-0.2, 0) is 0 Å². The first-order chi connectivity index (χ1) is 8.70. The lowest BCUT2D eigenvalue weighted by atomic mass is 10.2. The monoisotopic (exact) mass is 268 g/mol. The van der Waals surface area contributed by atoms with Gasteiger partial charge in [-0.2, -0.15) is 11.8 Å². The summed E-state index contributed by atoms with van der Waals surface area (Å²) in [6.45, 7) is 4.32. The first-order valence-corrected chi connectivity index (χ1v) is 7.45. The minimum atomic E-state index is 0.588. The van der Waals surface area contributed by atoms with E-state index in [1.54, 1.807) is 0 Å². The Morgan fingerprint density at radius 3 is 2.67 bits per heavy atom. The van der Waals surface area contributed by atoms with Crippen LogP contribution in [0.2, 0.25) is 0 Å². The number of nitrogen functional groups attached to an aromatic ring is 1. The molecule has 1 heterocycles. The average Bonchev–Trinajstić information content (AvgIpc) is 2.39. The molecule has 0 radical (unpaired) electrons. The summed E-state index contributed by atoms with van der Waals surface area (Å²) in [4.78, 5) is 0. The van der Waals surface area contributed by atoms with Crippen LogP contribution in [0.5, 0.6) is 11.5 Å². The number of hydrogen-bond acceptors (Lipinski definition) is 5. The van der Waals surface area contributed by atoms with Gasteiger partial charge in [0, 0.05) is 23.9 Å². The van der Waals surface area contributed by atoms with Gasteiger partial charge in [-0.05, 0) is 12.7 Å². The fourth-order valence-corrected chi connectivity index (χ4v) is 2.14. The summed E-state index contributed by atoms with van der Waals surface area (Å²) in [7, 11) is 0. The number of benzene rings is 1. The molecule has 1 aromatic carbocycles. The summed E-state index contributed by atoms with van der Waals surface area (Å²) in [5.41, 5.74) is 7.62. The van der Waals surface area contributed by atoms with Gasteiger partial charge in [0.25, 0.3) is 0 Å². The maximum Gasteiger partial charge on any atom is 0.163 e. The van der Waals surface area contributed by atoms with E-state index in [2.05, 4.69) is 18.5 Å². The molecule has 0 aromatic heterocycles. The molecule has 1 aliphatic rings. The van der Waals surface area contributed by atoms with Crippen LogP contribution in [0, 0.1) is 0 Å². The van der Waals surface area contributed by atoms with E-state index in [0.717, 1.165) is 30.2 Å². The largest absolute Gasteiger partial charge is 0.486 e. The van der Waals surface area contributed by atoms with E-state index in [1.807, 2.05) is 23.9 Å².